The fraction of sp³-hybridized carbons (Fsp3) is 0.579. The molecule has 1 saturated heterocycles. The van der Waals surface area contributed by atoms with Crippen LogP contribution >= 0.6 is 0 Å². The molecule has 0 bridgehead atoms. The largest absolute Gasteiger partial charge is 0.497 e. The molecule has 1 aliphatic heterocycles. The van der Waals surface area contributed by atoms with E-state index in [0.29, 0.717) is 31.2 Å². The van der Waals surface area contributed by atoms with Gasteiger partial charge in [0.1, 0.15) is 22.7 Å². The molecule has 1 aromatic carbocycles. The molecule has 0 aromatic heterocycles. The van der Waals surface area contributed by atoms with Crippen molar-refractivity contribution in [1.29, 1.82) is 0 Å². The Morgan fingerprint density at radius 2 is 1.88 bits per heavy atom. The number of amides is 1. The molecule has 7 heteroatoms. The summed E-state index contributed by atoms with van der Waals surface area (Å²) in [6, 6.07) is 4.73. The van der Waals surface area contributed by atoms with E-state index in [2.05, 4.69) is 0 Å². The van der Waals surface area contributed by atoms with Crippen LogP contribution < -0.4 is 9.47 Å². The molecule has 2 rings (SSSR count). The molecule has 0 saturated carbocycles. The third-order valence-corrected chi connectivity index (χ3v) is 4.16. The topological polar surface area (TPSA) is 85.3 Å². The molecule has 1 aliphatic rings. The minimum absolute atomic E-state index is 0.0792. The highest BCUT2D eigenvalue weighted by Crippen LogP contribution is 2.26. The van der Waals surface area contributed by atoms with Crippen molar-refractivity contribution < 1.29 is 28.9 Å². The molecule has 0 radical (unpaired) electrons. The number of carbonyl (C=O) groups excluding carboxylic acids is 1. The van der Waals surface area contributed by atoms with Crippen molar-refractivity contribution in [2.75, 3.05) is 26.8 Å². The summed E-state index contributed by atoms with van der Waals surface area (Å²) in [6.07, 6.45) is 1.29. The lowest BCUT2D eigenvalue weighted by atomic mass is 9.98. The molecule has 0 unspecified atom stereocenters. The molecule has 26 heavy (non-hydrogen) atoms. The summed E-state index contributed by atoms with van der Waals surface area (Å²) in [4.78, 5) is 25.2. The van der Waals surface area contributed by atoms with Gasteiger partial charge in [0.25, 0.3) is 0 Å². The van der Waals surface area contributed by atoms with Gasteiger partial charge in [0.05, 0.1) is 13.7 Å². The Labute approximate surface area is 153 Å². The van der Waals surface area contributed by atoms with E-state index >= 15 is 0 Å². The summed E-state index contributed by atoms with van der Waals surface area (Å²) in [5.74, 6) is 0.00405. The Kier molecular flexibility index (Phi) is 6.34. The Bertz CT molecular complexity index is 644. The lowest BCUT2D eigenvalue weighted by Gasteiger charge is -2.33. The van der Waals surface area contributed by atoms with E-state index in [1.54, 1.807) is 17.0 Å². The van der Waals surface area contributed by atoms with Crippen molar-refractivity contribution in [2.24, 2.45) is 5.92 Å². The van der Waals surface area contributed by atoms with E-state index in [1.807, 2.05) is 20.8 Å². The molecule has 1 aromatic rings. The fourth-order valence-electron chi connectivity index (χ4n) is 2.75. The molecule has 1 amide bonds. The third kappa shape index (κ3) is 5.54. The minimum Gasteiger partial charge on any atom is -0.497 e. The van der Waals surface area contributed by atoms with E-state index in [1.165, 1.54) is 13.2 Å². The highest BCUT2D eigenvalue weighted by atomic mass is 16.6. The molecule has 0 spiro atoms. The zero-order chi connectivity index (χ0) is 19.3. The van der Waals surface area contributed by atoms with Gasteiger partial charge in [-0.3, -0.25) is 0 Å². The maximum Gasteiger partial charge on any atom is 0.410 e. The highest BCUT2D eigenvalue weighted by molar-refractivity contribution is 5.91. The van der Waals surface area contributed by atoms with Crippen LogP contribution in [0.5, 0.6) is 11.5 Å². The normalized spacial score (nSPS) is 15.5. The van der Waals surface area contributed by atoms with Crippen LogP contribution in [0.15, 0.2) is 18.2 Å². The second-order valence-electron chi connectivity index (χ2n) is 7.39. The number of benzene rings is 1. The van der Waals surface area contributed by atoms with E-state index < -0.39 is 11.6 Å². The lowest BCUT2D eigenvalue weighted by Crippen LogP contribution is -2.42. The zero-order valence-corrected chi connectivity index (χ0v) is 15.8. The number of carboxylic acid groups (broad SMARTS) is 1. The number of piperidine rings is 1. The first kappa shape index (κ1) is 19.9. The van der Waals surface area contributed by atoms with Crippen LogP contribution in [0.25, 0.3) is 0 Å². The zero-order valence-electron chi connectivity index (χ0n) is 15.8. The SMILES string of the molecule is COc1ccc(OCC2CCN(C(=O)OC(C)(C)C)CC2)c(C(=O)O)c1. The van der Waals surface area contributed by atoms with Crippen molar-refractivity contribution in [3.8, 4) is 11.5 Å². The van der Waals surface area contributed by atoms with E-state index in [4.69, 9.17) is 14.2 Å². The average molecular weight is 365 g/mol. The quantitative estimate of drug-likeness (QED) is 0.860. The molecule has 1 heterocycles. The third-order valence-electron chi connectivity index (χ3n) is 4.16. The number of nitrogens with zero attached hydrogens (tertiary/aromatic N) is 1. The van der Waals surface area contributed by atoms with E-state index in [9.17, 15) is 14.7 Å². The van der Waals surface area contributed by atoms with E-state index in [-0.39, 0.29) is 17.6 Å². The number of likely N-dealkylation sites (tertiary alicyclic amines) is 1. The number of rotatable bonds is 5. The van der Waals surface area contributed by atoms with Crippen LogP contribution in [0.3, 0.4) is 0 Å². The van der Waals surface area contributed by atoms with Crippen molar-refractivity contribution in [2.45, 2.75) is 39.2 Å². The molecule has 1 N–H and O–H groups in total. The summed E-state index contributed by atoms with van der Waals surface area (Å²) >= 11 is 0. The maximum absolute atomic E-state index is 12.1. The van der Waals surface area contributed by atoms with Gasteiger partial charge < -0.3 is 24.2 Å². The summed E-state index contributed by atoms with van der Waals surface area (Å²) in [6.45, 7) is 7.17. The van der Waals surface area contributed by atoms with Gasteiger partial charge >= 0.3 is 12.1 Å². The van der Waals surface area contributed by atoms with Gasteiger partial charge in [0.2, 0.25) is 0 Å². The number of ether oxygens (including phenoxy) is 3. The Morgan fingerprint density at radius 3 is 2.42 bits per heavy atom. The molecule has 0 aliphatic carbocycles. The molecule has 144 valence electrons. The summed E-state index contributed by atoms with van der Waals surface area (Å²) in [7, 11) is 1.49. The van der Waals surface area contributed by atoms with Gasteiger partial charge in [-0.1, -0.05) is 0 Å². The Morgan fingerprint density at radius 1 is 1.23 bits per heavy atom. The number of aromatic carboxylic acids is 1. The predicted octanol–water partition coefficient (Wildman–Crippen LogP) is 3.42. The van der Waals surface area contributed by atoms with Gasteiger partial charge in [-0.25, -0.2) is 9.59 Å². The summed E-state index contributed by atoms with van der Waals surface area (Å²) in [5, 5.41) is 9.32. The van der Waals surface area contributed by atoms with Crippen molar-refractivity contribution >= 4 is 12.1 Å². The van der Waals surface area contributed by atoms with Crippen LogP contribution in [-0.2, 0) is 4.74 Å². The molecule has 0 atom stereocenters. The first-order valence-electron chi connectivity index (χ1n) is 8.71. The lowest BCUT2D eigenvalue weighted by molar-refractivity contribution is 0.0164. The maximum atomic E-state index is 12.1. The van der Waals surface area contributed by atoms with E-state index in [0.717, 1.165) is 12.8 Å². The molecular weight excluding hydrogens is 338 g/mol. The van der Waals surface area contributed by atoms with Gasteiger partial charge in [0, 0.05) is 13.1 Å². The van der Waals surface area contributed by atoms with Crippen molar-refractivity contribution in [3.63, 3.8) is 0 Å². The van der Waals surface area contributed by atoms with Crippen LogP contribution in [0.4, 0.5) is 4.79 Å². The first-order chi connectivity index (χ1) is 12.2. The average Bonchev–Trinajstić information content (AvgIpc) is 2.58. The smallest absolute Gasteiger partial charge is 0.410 e. The van der Waals surface area contributed by atoms with Crippen molar-refractivity contribution in [3.05, 3.63) is 23.8 Å². The van der Waals surface area contributed by atoms with Crippen molar-refractivity contribution in [1.82, 2.24) is 4.90 Å². The number of hydrogen-bond acceptors (Lipinski definition) is 5. The first-order valence-corrected chi connectivity index (χ1v) is 8.71. The molecular formula is C19H27NO6. The number of hydrogen-bond donors (Lipinski definition) is 1. The monoisotopic (exact) mass is 365 g/mol. The van der Waals surface area contributed by atoms with Gasteiger partial charge in [-0.05, 0) is 57.7 Å². The minimum atomic E-state index is -1.06. The highest BCUT2D eigenvalue weighted by Gasteiger charge is 2.27. The number of methoxy groups -OCH3 is 1. The van der Waals surface area contributed by atoms with Crippen LogP contribution in [-0.4, -0.2) is 54.5 Å². The van der Waals surface area contributed by atoms with Crippen LogP contribution in [0.2, 0.25) is 0 Å². The van der Waals surface area contributed by atoms with Crippen LogP contribution in [0, 0.1) is 5.92 Å². The summed E-state index contributed by atoms with van der Waals surface area (Å²) in [5.41, 5.74) is -0.422. The standard InChI is InChI=1S/C19H27NO6/c1-19(2,3)26-18(23)20-9-7-13(8-10-20)12-25-16-6-5-14(24-4)11-15(16)17(21)22/h5-6,11,13H,7-10,12H2,1-4H3,(H,21,22). The van der Waals surface area contributed by atoms with Gasteiger partial charge in [0.15, 0.2) is 0 Å². The van der Waals surface area contributed by atoms with Gasteiger partial charge in [-0.15, -0.1) is 0 Å². The fourth-order valence-corrected chi connectivity index (χ4v) is 2.75. The molecule has 1 fully saturated rings. The summed E-state index contributed by atoms with van der Waals surface area (Å²) < 4.78 is 16.2. The number of carbonyl (C=O) groups is 2. The molecule has 7 nitrogen and oxygen atoms in total. The van der Waals surface area contributed by atoms with Gasteiger partial charge in [-0.2, -0.15) is 0 Å². The second kappa shape index (κ2) is 8.29. The number of carboxylic acids is 1. The van der Waals surface area contributed by atoms with Crippen LogP contribution in [0.1, 0.15) is 44.0 Å². The predicted molar refractivity (Wildman–Crippen MR) is 96.0 cm³/mol. The Hall–Kier alpha value is -2.44. The second-order valence-corrected chi connectivity index (χ2v) is 7.39. The Balaban J connectivity index is 1.87.